The number of nitrogens with zero attached hydrogens (tertiary/aromatic N) is 1. The number of nitrogens with one attached hydrogen (secondary N) is 1. The number of aromatic amines is 1. The van der Waals surface area contributed by atoms with E-state index in [0.717, 1.165) is 16.8 Å². The fourth-order valence-electron chi connectivity index (χ4n) is 2.20. The summed E-state index contributed by atoms with van der Waals surface area (Å²) in [5, 5.41) is 20.0. The molecule has 20 heteroatoms. The molecule has 0 radical (unpaired) electrons. The van der Waals surface area contributed by atoms with Crippen LogP contribution in [0.5, 0.6) is 0 Å². The maximum atomic E-state index is 11.8. The molecule has 1 saturated heterocycles. The van der Waals surface area contributed by atoms with Crippen LogP contribution in [-0.2, 0) is 27.1 Å². The smallest absolute Gasteiger partial charge is 0.387 e. The van der Waals surface area contributed by atoms with Gasteiger partial charge in [-0.3, -0.25) is 14.3 Å². The Morgan fingerprint density at radius 2 is 1.72 bits per heavy atom. The minimum Gasteiger partial charge on any atom is -0.387 e. The van der Waals surface area contributed by atoms with Crippen molar-refractivity contribution in [3.8, 4) is 0 Å². The average molecular weight is 500 g/mol. The van der Waals surface area contributed by atoms with Crippen LogP contribution in [-0.4, -0.2) is 63.4 Å². The lowest BCUT2D eigenvalue weighted by molar-refractivity contribution is -0.0340. The lowest BCUT2D eigenvalue weighted by Crippen LogP contribution is -2.37. The molecule has 2 rings (SSSR count). The van der Waals surface area contributed by atoms with E-state index in [0.29, 0.717) is 0 Å². The second-order valence-electron chi connectivity index (χ2n) is 5.45. The van der Waals surface area contributed by atoms with E-state index < -0.39 is 64.0 Å². The van der Waals surface area contributed by atoms with Crippen LogP contribution in [0.1, 0.15) is 6.23 Å². The van der Waals surface area contributed by atoms with Crippen molar-refractivity contribution in [2.24, 2.45) is 0 Å². The van der Waals surface area contributed by atoms with Gasteiger partial charge in [-0.25, -0.2) is 18.5 Å². The molecule has 0 saturated carbocycles. The molecular formula is C9H15N2O14P3S. The van der Waals surface area contributed by atoms with E-state index in [1.54, 1.807) is 0 Å². The minimum atomic E-state index is -5.62. The lowest BCUT2D eigenvalue weighted by Gasteiger charge is -2.18. The monoisotopic (exact) mass is 500 g/mol. The molecule has 1 fully saturated rings. The van der Waals surface area contributed by atoms with Crippen molar-refractivity contribution in [3.63, 3.8) is 0 Å². The molecule has 0 aliphatic carbocycles. The Bertz CT molecular complexity index is 1000. The number of H-pyrrole nitrogens is 1. The summed E-state index contributed by atoms with van der Waals surface area (Å²) in [5.74, 6) is -0.628. The Hall–Kier alpha value is -0.640. The Kier molecular flexibility index (Phi) is 7.51. The third kappa shape index (κ3) is 6.94. The van der Waals surface area contributed by atoms with Crippen LogP contribution in [0.15, 0.2) is 21.9 Å². The quantitative estimate of drug-likeness (QED) is 0.195. The molecule has 0 bridgehead atoms. The van der Waals surface area contributed by atoms with Crippen molar-refractivity contribution < 1.29 is 56.8 Å². The number of hydrogen-bond acceptors (Lipinski definition) is 11. The standard InChI is InChI=1S/C9H15N2O14P3S/c12-5-1-2-11(9(15)10-5)8-7(14)6(13)4(23-8)3-29-28(21,22)25-27(19,20)24-26(16,17)18/h1-2,4,6-8,13-14H,3H2,(H,19,20)(H,21,22)(H,10,12,15)(H2,16,17,18)/t4-,6-,7-,8-/m1/s1. The second-order valence-corrected chi connectivity index (χ2v) is 12.4. The highest BCUT2D eigenvalue weighted by molar-refractivity contribution is 8.55. The first-order valence-corrected chi connectivity index (χ1v) is 13.4. The number of phosphoric acid groups is 2. The van der Waals surface area contributed by atoms with E-state index in [2.05, 4.69) is 8.62 Å². The molecule has 16 nitrogen and oxygen atoms in total. The molecule has 29 heavy (non-hydrogen) atoms. The van der Waals surface area contributed by atoms with E-state index >= 15 is 0 Å². The highest BCUT2D eigenvalue weighted by Gasteiger charge is 2.46. The van der Waals surface area contributed by atoms with Crippen molar-refractivity contribution in [2.45, 2.75) is 24.5 Å². The Morgan fingerprint density at radius 3 is 2.28 bits per heavy atom. The highest BCUT2D eigenvalue weighted by Crippen LogP contribution is 2.70. The van der Waals surface area contributed by atoms with Gasteiger partial charge in [0.2, 0.25) is 0 Å². The Labute approximate surface area is 164 Å². The molecule has 2 unspecified atom stereocenters. The van der Waals surface area contributed by atoms with Gasteiger partial charge in [0.1, 0.15) is 12.2 Å². The summed E-state index contributed by atoms with van der Waals surface area (Å²) in [4.78, 5) is 60.3. The van der Waals surface area contributed by atoms with Crippen molar-refractivity contribution in [1.29, 1.82) is 0 Å². The number of aromatic nitrogens is 2. The summed E-state index contributed by atoms with van der Waals surface area (Å²) < 4.78 is 47.0. The summed E-state index contributed by atoms with van der Waals surface area (Å²) in [5.41, 5.74) is -1.69. The van der Waals surface area contributed by atoms with E-state index in [4.69, 9.17) is 19.4 Å². The molecule has 1 aromatic heterocycles. The van der Waals surface area contributed by atoms with Gasteiger partial charge in [-0.15, -0.1) is 0 Å². The molecule has 7 N–H and O–H groups in total. The van der Waals surface area contributed by atoms with Gasteiger partial charge in [-0.2, -0.15) is 8.62 Å². The van der Waals surface area contributed by atoms with Crippen LogP contribution in [0.4, 0.5) is 0 Å². The van der Waals surface area contributed by atoms with E-state index in [-0.39, 0.29) is 11.4 Å². The minimum absolute atomic E-state index is 0.0791. The molecule has 1 aliphatic heterocycles. The van der Waals surface area contributed by atoms with Gasteiger partial charge in [-0.1, -0.05) is 0 Å². The van der Waals surface area contributed by atoms with E-state index in [9.17, 15) is 38.4 Å². The van der Waals surface area contributed by atoms with Crippen LogP contribution < -0.4 is 11.2 Å². The molecule has 2 heterocycles. The molecule has 1 aliphatic rings. The third-order valence-electron chi connectivity index (χ3n) is 3.28. The topological polar surface area (TPSA) is 255 Å². The van der Waals surface area contributed by atoms with Gasteiger partial charge in [0, 0.05) is 18.0 Å². The fraction of sp³-hybridized carbons (Fsp3) is 0.556. The van der Waals surface area contributed by atoms with Crippen molar-refractivity contribution in [2.75, 3.05) is 5.75 Å². The van der Waals surface area contributed by atoms with Crippen molar-refractivity contribution >= 4 is 33.8 Å². The van der Waals surface area contributed by atoms with E-state index in [1.807, 2.05) is 4.98 Å². The van der Waals surface area contributed by atoms with Crippen LogP contribution in [0, 0.1) is 0 Å². The zero-order valence-electron chi connectivity index (χ0n) is 13.8. The Morgan fingerprint density at radius 1 is 1.10 bits per heavy atom. The normalized spacial score (nSPS) is 29.3. The average Bonchev–Trinajstić information content (AvgIpc) is 2.78. The van der Waals surface area contributed by atoms with E-state index in [1.165, 1.54) is 0 Å². The maximum Gasteiger partial charge on any atom is 0.488 e. The largest absolute Gasteiger partial charge is 0.488 e. The maximum absolute atomic E-state index is 11.8. The van der Waals surface area contributed by atoms with Gasteiger partial charge in [0.05, 0.1) is 6.10 Å². The van der Waals surface area contributed by atoms with Gasteiger partial charge in [-0.05, 0) is 11.4 Å². The van der Waals surface area contributed by atoms with Crippen molar-refractivity contribution in [3.05, 3.63) is 33.1 Å². The van der Waals surface area contributed by atoms with Crippen LogP contribution in [0.2, 0.25) is 0 Å². The molecule has 166 valence electrons. The summed E-state index contributed by atoms with van der Waals surface area (Å²) >= 11 is -0.0791. The SMILES string of the molecule is O=c1ccn([C@@H]2O[C@H](CSP(=O)(O)OP(=O)(O)OP(=O)(O)O)[C@@H](O)[C@H]2O)c(=O)[nH]1. The lowest BCUT2D eigenvalue weighted by atomic mass is 10.1. The highest BCUT2D eigenvalue weighted by atomic mass is 32.7. The number of rotatable bonds is 8. The number of aliphatic hydroxyl groups is 2. The fourth-order valence-corrected chi connectivity index (χ4v) is 7.69. The number of hydrogen-bond donors (Lipinski definition) is 7. The zero-order chi connectivity index (χ0) is 22.2. The zero-order valence-corrected chi connectivity index (χ0v) is 17.3. The van der Waals surface area contributed by atoms with Crippen LogP contribution in [0.3, 0.4) is 0 Å². The first kappa shape index (κ1) is 24.6. The third-order valence-corrected chi connectivity index (χ3v) is 9.44. The first-order valence-electron chi connectivity index (χ1n) is 7.22. The summed E-state index contributed by atoms with van der Waals surface area (Å²) in [6.07, 6.45) is -5.24. The number of aliphatic hydroxyl groups excluding tert-OH is 2. The van der Waals surface area contributed by atoms with Crippen LogP contribution >= 0.6 is 33.8 Å². The van der Waals surface area contributed by atoms with Gasteiger partial charge in [0.25, 0.3) is 5.56 Å². The molecule has 0 aromatic carbocycles. The predicted octanol–water partition coefficient (Wildman–Crippen LogP) is -1.78. The Balaban J connectivity index is 2.06. The molecule has 6 atom stereocenters. The molecular weight excluding hydrogens is 485 g/mol. The summed E-state index contributed by atoms with van der Waals surface area (Å²) in [6.45, 7) is -5.06. The molecule has 1 aromatic rings. The summed E-state index contributed by atoms with van der Waals surface area (Å²) in [6, 6.07) is 0.946. The van der Waals surface area contributed by atoms with Gasteiger partial charge in [0.15, 0.2) is 6.23 Å². The predicted molar refractivity (Wildman–Crippen MR) is 93.6 cm³/mol. The second kappa shape index (κ2) is 8.85. The number of ether oxygens (including phenoxy) is 1. The van der Waals surface area contributed by atoms with Crippen LogP contribution in [0.25, 0.3) is 0 Å². The molecule has 0 spiro atoms. The first-order chi connectivity index (χ1) is 13.1. The van der Waals surface area contributed by atoms with Crippen molar-refractivity contribution in [1.82, 2.24) is 9.55 Å². The van der Waals surface area contributed by atoms with Gasteiger partial charge < -0.3 is 34.5 Å². The molecule has 0 amide bonds. The van der Waals surface area contributed by atoms with Gasteiger partial charge >= 0.3 is 28.1 Å². The summed E-state index contributed by atoms with van der Waals surface area (Å²) in [7, 11) is -11.1.